The van der Waals surface area contributed by atoms with Crippen LogP contribution in [-0.4, -0.2) is 111 Å². The van der Waals surface area contributed by atoms with Gasteiger partial charge in [-0.15, -0.1) is 0 Å². The lowest BCUT2D eigenvalue weighted by atomic mass is 9.79. The molecule has 366 valence electrons. The second-order valence-corrected chi connectivity index (χ2v) is 23.4. The molecule has 7 rings (SSSR count). The minimum Gasteiger partial charge on any atom is -0.354 e. The average molecular weight is 1030 g/mol. The Hall–Kier alpha value is -5.92. The molecule has 3 aliphatic rings. The van der Waals surface area contributed by atoms with Crippen molar-refractivity contribution in [2.75, 3.05) is 31.6 Å². The fourth-order valence-electron chi connectivity index (χ4n) is 9.54. The number of unbranched alkanes of at least 4 members (excludes halogenated alkanes) is 2. The van der Waals surface area contributed by atoms with Gasteiger partial charge in [-0.05, 0) is 85.5 Å². The first-order valence-electron chi connectivity index (χ1n) is 21.3. The maximum Gasteiger partial charge on any atom is 0.295 e. The Morgan fingerprint density at radius 2 is 1.19 bits per heavy atom. The first kappa shape index (κ1) is 50.9. The van der Waals surface area contributed by atoms with Gasteiger partial charge in [-0.2, -0.15) is 38.2 Å². The van der Waals surface area contributed by atoms with Crippen LogP contribution >= 0.6 is 0 Å². The Balaban J connectivity index is 1.19. The summed E-state index contributed by atoms with van der Waals surface area (Å²) in [6.07, 6.45) is 13.0. The molecule has 0 bridgehead atoms. The van der Waals surface area contributed by atoms with Crippen LogP contribution in [0.3, 0.4) is 0 Å². The number of hydrogen-bond donors (Lipinski definition) is 5. The van der Waals surface area contributed by atoms with Crippen molar-refractivity contribution in [2.24, 2.45) is 0 Å². The van der Waals surface area contributed by atoms with Crippen LogP contribution in [0.2, 0.25) is 0 Å². The quantitative estimate of drug-likeness (QED) is 0.0309. The fraction of sp³-hybridized carbons (Fsp3) is 0.304. The second-order valence-electron chi connectivity index (χ2n) is 17.8. The molecule has 0 aromatic heterocycles. The zero-order chi connectivity index (χ0) is 50.8. The monoisotopic (exact) mass is 1030 g/mol. The number of fused-ring (bicyclic) bond motifs is 6. The highest BCUT2D eigenvalue weighted by Gasteiger charge is 2.45. The summed E-state index contributed by atoms with van der Waals surface area (Å²) in [6.45, 7) is 7.92. The molecule has 0 atom stereocenters. The summed E-state index contributed by atoms with van der Waals surface area (Å²) in [5.74, 6) is -1.15. The van der Waals surface area contributed by atoms with Crippen molar-refractivity contribution in [2.45, 2.75) is 83.8 Å². The third-order valence-corrected chi connectivity index (χ3v) is 16.1. The molecule has 3 heterocycles. The van der Waals surface area contributed by atoms with Crippen molar-refractivity contribution in [1.82, 2.24) is 10.2 Å². The summed E-state index contributed by atoms with van der Waals surface area (Å²) in [5, 5.41) is 3.13. The minimum absolute atomic E-state index is 0.0228. The Morgan fingerprint density at radius 1 is 0.638 bits per heavy atom. The van der Waals surface area contributed by atoms with Gasteiger partial charge < -0.3 is 10.2 Å². The predicted molar refractivity (Wildman–Crippen MR) is 255 cm³/mol. The summed E-state index contributed by atoms with van der Waals surface area (Å²) in [4.78, 5) is 36.4. The van der Waals surface area contributed by atoms with E-state index >= 15 is 0 Å². The molecule has 69 heavy (non-hydrogen) atoms. The molecule has 5 N–H and O–H groups in total. The molecule has 0 unspecified atom stereocenters. The number of benzene rings is 4. The molecule has 4 aromatic rings. The first-order valence-corrected chi connectivity index (χ1v) is 27.1. The highest BCUT2D eigenvalue weighted by atomic mass is 32.2. The lowest BCUT2D eigenvalue weighted by Gasteiger charge is -2.27. The van der Waals surface area contributed by atoms with Crippen LogP contribution in [0.4, 0.5) is 11.4 Å². The number of imide groups is 1. The fourth-order valence-corrected chi connectivity index (χ4v) is 12.2. The van der Waals surface area contributed by atoms with Crippen molar-refractivity contribution in [3.05, 3.63) is 108 Å². The van der Waals surface area contributed by atoms with E-state index in [0.29, 0.717) is 71.9 Å². The molecular formula is C46H49N4O15S4+. The van der Waals surface area contributed by atoms with Gasteiger partial charge in [0.15, 0.2) is 5.71 Å². The van der Waals surface area contributed by atoms with Gasteiger partial charge in [0.1, 0.15) is 16.8 Å². The smallest absolute Gasteiger partial charge is 0.295 e. The maximum absolute atomic E-state index is 12.6. The molecule has 3 aliphatic heterocycles. The van der Waals surface area contributed by atoms with E-state index in [0.717, 1.165) is 29.2 Å². The van der Waals surface area contributed by atoms with Crippen molar-refractivity contribution < 1.29 is 70.8 Å². The third kappa shape index (κ3) is 9.82. The zero-order valence-electron chi connectivity index (χ0n) is 37.9. The highest BCUT2D eigenvalue weighted by Crippen LogP contribution is 2.52. The molecule has 4 aromatic carbocycles. The zero-order valence-corrected chi connectivity index (χ0v) is 41.1. The lowest BCUT2D eigenvalue weighted by molar-refractivity contribution is -0.401. The van der Waals surface area contributed by atoms with E-state index in [-0.39, 0.29) is 47.0 Å². The number of nitrogens with zero attached hydrogens (tertiary/aromatic N) is 3. The van der Waals surface area contributed by atoms with Crippen molar-refractivity contribution >= 4 is 96.8 Å². The van der Waals surface area contributed by atoms with Gasteiger partial charge in [0.05, 0.1) is 15.2 Å². The molecule has 0 aliphatic carbocycles. The maximum atomic E-state index is 12.6. The summed E-state index contributed by atoms with van der Waals surface area (Å²) >= 11 is 0. The van der Waals surface area contributed by atoms with Crippen LogP contribution in [0.25, 0.3) is 21.5 Å². The van der Waals surface area contributed by atoms with E-state index < -0.39 is 82.7 Å². The number of allylic oxidation sites excluding steroid dienone is 6. The SMILES string of the molecule is C[N+]1=C(C=CC=CC=C2N(CCCCCC(=O)NCCN3C(=O)C=CC3=O)c3ccc4c(S(=O)(=O)O)cc(S(=O)(=O)O)cc4c3C2(C)C)C(C)(C)c2c1ccc1c(S(=O)(=O)O)cc(S(=O)(=O)O)cc21. The van der Waals surface area contributed by atoms with E-state index in [1.807, 2.05) is 49.3 Å². The second kappa shape index (κ2) is 18.1. The van der Waals surface area contributed by atoms with E-state index in [1.54, 1.807) is 37.4 Å². The van der Waals surface area contributed by atoms with Gasteiger partial charge in [0.25, 0.3) is 52.3 Å². The van der Waals surface area contributed by atoms with E-state index in [9.17, 15) is 66.3 Å². The van der Waals surface area contributed by atoms with Crippen LogP contribution < -0.4 is 10.2 Å². The van der Waals surface area contributed by atoms with Gasteiger partial charge in [0.2, 0.25) is 11.6 Å². The van der Waals surface area contributed by atoms with E-state index in [2.05, 4.69) is 5.32 Å². The molecule has 0 saturated carbocycles. The highest BCUT2D eigenvalue weighted by molar-refractivity contribution is 7.87. The summed E-state index contributed by atoms with van der Waals surface area (Å²) in [7, 11) is -18.0. The van der Waals surface area contributed by atoms with Gasteiger partial charge >= 0.3 is 0 Å². The van der Waals surface area contributed by atoms with Gasteiger partial charge in [-0.1, -0.05) is 44.6 Å². The largest absolute Gasteiger partial charge is 0.354 e. The van der Waals surface area contributed by atoms with Crippen molar-refractivity contribution in [3.8, 4) is 0 Å². The summed E-state index contributed by atoms with van der Waals surface area (Å²) in [6, 6.07) is 9.93. The normalized spacial score (nSPS) is 17.7. The molecule has 23 heteroatoms. The summed E-state index contributed by atoms with van der Waals surface area (Å²) in [5.41, 5.74) is 1.83. The molecule has 0 fully saturated rings. The topological polar surface area (TPSA) is 290 Å². The van der Waals surface area contributed by atoms with Crippen LogP contribution in [0.5, 0.6) is 0 Å². The third-order valence-electron chi connectivity index (χ3n) is 12.7. The number of carbonyl (C=O) groups is 3. The molecule has 0 spiro atoms. The van der Waals surface area contributed by atoms with Crippen molar-refractivity contribution in [3.63, 3.8) is 0 Å². The predicted octanol–water partition coefficient (Wildman–Crippen LogP) is 5.38. The van der Waals surface area contributed by atoms with Gasteiger partial charge in [0, 0.05) is 83.5 Å². The number of hydrogen-bond acceptors (Lipinski definition) is 12. The molecule has 19 nitrogen and oxygen atoms in total. The van der Waals surface area contributed by atoms with Crippen molar-refractivity contribution in [1.29, 1.82) is 0 Å². The molecule has 0 radical (unpaired) electrons. The Labute approximate surface area is 399 Å². The standard InChI is InChI=1S/C46H48N4O15S4/c1-45(2)38(48(5)34-17-15-30-32(43(34)45)24-28(66(54,55)56)26-36(30)68(60,61)62)12-8-6-9-13-39-46(3,4)44-33-25-29(67(57,58)59)27-37(69(63,64)65)31(33)16-18-35(44)49(39)22-11-7-10-14-40(51)47-21-23-50-41(52)19-20-42(50)53/h6,8-9,12-13,15-20,24-27H,7,10-11,14,21-23H2,1-5H3,(H4-,47,51,54,55,56,57,58,59,60,61,62,63,64,65)/p+1. The average Bonchev–Trinajstić information content (AvgIpc) is 3.75. The van der Waals surface area contributed by atoms with Crippen LogP contribution in [0.15, 0.2) is 116 Å². The Kier molecular flexibility index (Phi) is 13.4. The minimum atomic E-state index is -4.99. The number of rotatable bonds is 16. The molecular weight excluding hydrogens is 977 g/mol. The van der Waals surface area contributed by atoms with E-state index in [4.69, 9.17) is 0 Å². The molecule has 0 saturated heterocycles. The van der Waals surface area contributed by atoms with Crippen LogP contribution in [0.1, 0.15) is 64.5 Å². The number of carbonyl (C=O) groups excluding carboxylic acids is 3. The molecule has 3 amide bonds. The van der Waals surface area contributed by atoms with Crippen LogP contribution in [0, 0.1) is 0 Å². The number of anilines is 1. The Morgan fingerprint density at radius 3 is 1.74 bits per heavy atom. The van der Waals surface area contributed by atoms with Crippen LogP contribution in [-0.2, 0) is 65.7 Å². The number of amides is 3. The van der Waals surface area contributed by atoms with Gasteiger partial charge in [-0.25, -0.2) is 0 Å². The van der Waals surface area contributed by atoms with E-state index in [1.165, 1.54) is 12.1 Å². The van der Waals surface area contributed by atoms with Gasteiger partial charge in [-0.3, -0.25) is 37.5 Å². The number of nitrogens with one attached hydrogen (secondary N) is 1. The lowest BCUT2D eigenvalue weighted by Crippen LogP contribution is -2.38. The summed E-state index contributed by atoms with van der Waals surface area (Å²) < 4.78 is 141. The Bertz CT molecular complexity index is 3520. The first-order chi connectivity index (χ1) is 32.0.